The predicted molar refractivity (Wildman–Crippen MR) is 92.2 cm³/mol. The average Bonchev–Trinajstić information content (AvgIpc) is 2.55. The first kappa shape index (κ1) is 18.0. The van der Waals surface area contributed by atoms with Gasteiger partial charge in [-0.15, -0.1) is 0 Å². The summed E-state index contributed by atoms with van der Waals surface area (Å²) in [7, 11) is 1.55. The number of hydrogen-bond donors (Lipinski definition) is 0. The van der Waals surface area contributed by atoms with Crippen LogP contribution in [0.15, 0.2) is 24.3 Å². The van der Waals surface area contributed by atoms with Crippen molar-refractivity contribution in [3.8, 4) is 5.75 Å². The molecule has 4 heteroatoms. The normalized spacial score (nSPS) is 19.6. The van der Waals surface area contributed by atoms with E-state index in [2.05, 4.69) is 11.8 Å². The summed E-state index contributed by atoms with van der Waals surface area (Å²) in [5.41, 5.74) is -0.151. The quantitative estimate of drug-likeness (QED) is 0.722. The molecule has 128 valence electrons. The molecule has 4 nitrogen and oxygen atoms in total. The Morgan fingerprint density at radius 2 is 2.00 bits per heavy atom. The predicted octanol–water partition coefficient (Wildman–Crippen LogP) is 3.41. The lowest BCUT2D eigenvalue weighted by Crippen LogP contribution is -2.37. The molecule has 23 heavy (non-hydrogen) atoms. The highest BCUT2D eigenvalue weighted by Crippen LogP contribution is 2.20. The van der Waals surface area contributed by atoms with Crippen LogP contribution < -0.4 is 4.74 Å². The van der Waals surface area contributed by atoms with Gasteiger partial charge in [-0.25, -0.2) is 0 Å². The molecule has 0 saturated carbocycles. The molecule has 0 bridgehead atoms. The summed E-state index contributed by atoms with van der Waals surface area (Å²) in [5, 5.41) is 0. The highest BCUT2D eigenvalue weighted by atomic mass is 16.5. The first-order valence-electron chi connectivity index (χ1n) is 8.47. The zero-order chi connectivity index (χ0) is 16.9. The van der Waals surface area contributed by atoms with E-state index in [0.29, 0.717) is 12.2 Å². The third-order valence-corrected chi connectivity index (χ3v) is 4.59. The summed E-state index contributed by atoms with van der Waals surface area (Å²) in [4.78, 5) is 14.8. The molecule has 0 unspecified atom stereocenters. The number of hydrogen-bond acceptors (Lipinski definition) is 4. The maximum Gasteiger partial charge on any atom is 0.194 e. The third-order valence-electron chi connectivity index (χ3n) is 4.59. The zero-order valence-electron chi connectivity index (χ0n) is 14.8. The standard InChI is InChI=1S/C19H29NO3/c1-15-6-5-11-20(14-15)12-13-23-17-9-7-16(8-10-17)18(21)19(2,3)22-4/h7-10,15H,5-6,11-14H2,1-4H3/t15-/m1/s1. The Labute approximate surface area is 139 Å². The maximum atomic E-state index is 12.3. The number of piperidine rings is 1. The zero-order valence-corrected chi connectivity index (χ0v) is 14.8. The molecule has 1 atom stereocenters. The molecule has 0 radical (unpaired) electrons. The number of carbonyl (C=O) groups excluding carboxylic acids is 1. The molecule has 1 aromatic rings. The molecule has 0 amide bonds. The van der Waals surface area contributed by atoms with Crippen LogP contribution in [0, 0.1) is 5.92 Å². The minimum atomic E-state index is -0.798. The van der Waals surface area contributed by atoms with Crippen LogP contribution in [0.3, 0.4) is 0 Å². The van der Waals surface area contributed by atoms with E-state index in [1.165, 1.54) is 25.9 Å². The van der Waals surface area contributed by atoms with E-state index in [1.807, 2.05) is 12.1 Å². The van der Waals surface area contributed by atoms with Crippen molar-refractivity contribution in [1.82, 2.24) is 4.90 Å². The van der Waals surface area contributed by atoms with Gasteiger partial charge in [0.1, 0.15) is 18.0 Å². The second kappa shape index (κ2) is 7.93. The number of nitrogens with zero attached hydrogens (tertiary/aromatic N) is 1. The van der Waals surface area contributed by atoms with Crippen molar-refractivity contribution in [3.63, 3.8) is 0 Å². The van der Waals surface area contributed by atoms with E-state index in [0.717, 1.165) is 18.2 Å². The fourth-order valence-electron chi connectivity index (χ4n) is 2.93. The lowest BCUT2D eigenvalue weighted by atomic mass is 9.96. The van der Waals surface area contributed by atoms with Gasteiger partial charge in [0, 0.05) is 25.8 Å². The number of benzene rings is 1. The monoisotopic (exact) mass is 319 g/mol. The molecule has 1 saturated heterocycles. The first-order chi connectivity index (χ1) is 10.9. The first-order valence-corrected chi connectivity index (χ1v) is 8.47. The second-order valence-corrected chi connectivity index (χ2v) is 6.96. The van der Waals surface area contributed by atoms with Crippen molar-refractivity contribution in [2.45, 2.75) is 39.2 Å². The summed E-state index contributed by atoms with van der Waals surface area (Å²) >= 11 is 0. The van der Waals surface area contributed by atoms with Gasteiger partial charge in [-0.05, 0) is 63.4 Å². The maximum absolute atomic E-state index is 12.3. The Kier molecular flexibility index (Phi) is 6.19. The van der Waals surface area contributed by atoms with E-state index in [4.69, 9.17) is 9.47 Å². The van der Waals surface area contributed by atoms with Crippen LogP contribution in [0.25, 0.3) is 0 Å². The third kappa shape index (κ3) is 5.05. The molecule has 0 spiro atoms. The van der Waals surface area contributed by atoms with Crippen molar-refractivity contribution in [2.24, 2.45) is 5.92 Å². The van der Waals surface area contributed by atoms with E-state index in [1.54, 1.807) is 33.1 Å². The summed E-state index contributed by atoms with van der Waals surface area (Å²) in [5.74, 6) is 1.58. The van der Waals surface area contributed by atoms with Gasteiger partial charge >= 0.3 is 0 Å². The summed E-state index contributed by atoms with van der Waals surface area (Å²) in [6.07, 6.45) is 2.62. The van der Waals surface area contributed by atoms with Crippen LogP contribution in [0.4, 0.5) is 0 Å². The Morgan fingerprint density at radius 3 is 2.61 bits per heavy atom. The lowest BCUT2D eigenvalue weighted by molar-refractivity contribution is 0.0228. The molecular formula is C19H29NO3. The van der Waals surface area contributed by atoms with Crippen molar-refractivity contribution < 1.29 is 14.3 Å². The Bertz CT molecular complexity index is 510. The lowest BCUT2D eigenvalue weighted by Gasteiger charge is -2.30. The van der Waals surface area contributed by atoms with E-state index >= 15 is 0 Å². The van der Waals surface area contributed by atoms with Gasteiger partial charge in [-0.3, -0.25) is 9.69 Å². The number of carbonyl (C=O) groups is 1. The van der Waals surface area contributed by atoms with Gasteiger partial charge in [0.15, 0.2) is 5.78 Å². The van der Waals surface area contributed by atoms with Crippen LogP contribution in [0.1, 0.15) is 44.0 Å². The Balaban J connectivity index is 1.82. The topological polar surface area (TPSA) is 38.8 Å². The molecule has 0 aliphatic carbocycles. The smallest absolute Gasteiger partial charge is 0.194 e. The van der Waals surface area contributed by atoms with Gasteiger partial charge in [-0.2, -0.15) is 0 Å². The molecule has 1 aliphatic rings. The fraction of sp³-hybridized carbons (Fsp3) is 0.632. The van der Waals surface area contributed by atoms with Crippen LogP contribution in [0.5, 0.6) is 5.75 Å². The second-order valence-electron chi connectivity index (χ2n) is 6.96. The highest BCUT2D eigenvalue weighted by molar-refractivity contribution is 6.02. The number of ether oxygens (including phenoxy) is 2. The summed E-state index contributed by atoms with van der Waals surface area (Å²) in [6, 6.07) is 7.33. The van der Waals surface area contributed by atoms with Gasteiger partial charge in [-0.1, -0.05) is 6.92 Å². The summed E-state index contributed by atoms with van der Waals surface area (Å²) < 4.78 is 11.0. The number of methoxy groups -OCH3 is 1. The molecule has 0 N–H and O–H groups in total. The van der Waals surface area contributed by atoms with Gasteiger partial charge in [0.2, 0.25) is 0 Å². The van der Waals surface area contributed by atoms with E-state index in [9.17, 15) is 4.79 Å². The molecule has 1 aromatic carbocycles. The van der Waals surface area contributed by atoms with Gasteiger partial charge in [0.25, 0.3) is 0 Å². The Hall–Kier alpha value is -1.39. The van der Waals surface area contributed by atoms with Crippen LogP contribution in [-0.4, -0.2) is 49.6 Å². The van der Waals surface area contributed by atoms with Crippen LogP contribution in [0.2, 0.25) is 0 Å². The SMILES string of the molecule is COC(C)(C)C(=O)c1ccc(OCCN2CCC[C@@H](C)C2)cc1. The molecule has 1 heterocycles. The number of rotatable bonds is 7. The van der Waals surface area contributed by atoms with Gasteiger partial charge in [0.05, 0.1) is 0 Å². The van der Waals surface area contributed by atoms with Crippen LogP contribution in [-0.2, 0) is 4.74 Å². The average molecular weight is 319 g/mol. The number of likely N-dealkylation sites (tertiary alicyclic amines) is 1. The van der Waals surface area contributed by atoms with Crippen LogP contribution >= 0.6 is 0 Å². The van der Waals surface area contributed by atoms with Crippen molar-refractivity contribution >= 4 is 5.78 Å². The molecule has 1 fully saturated rings. The van der Waals surface area contributed by atoms with Crippen molar-refractivity contribution in [3.05, 3.63) is 29.8 Å². The Morgan fingerprint density at radius 1 is 1.30 bits per heavy atom. The minimum absolute atomic E-state index is 0.0196. The molecule has 1 aliphatic heterocycles. The molecule has 0 aromatic heterocycles. The molecule has 2 rings (SSSR count). The van der Waals surface area contributed by atoms with Crippen molar-refractivity contribution in [1.29, 1.82) is 0 Å². The number of Topliss-reactive ketones (excluding diaryl/α,β-unsaturated/α-hetero) is 1. The summed E-state index contributed by atoms with van der Waals surface area (Å²) in [6.45, 7) is 9.85. The molecular weight excluding hydrogens is 290 g/mol. The largest absolute Gasteiger partial charge is 0.492 e. The van der Waals surface area contributed by atoms with Crippen molar-refractivity contribution in [2.75, 3.05) is 33.4 Å². The fourth-order valence-corrected chi connectivity index (χ4v) is 2.93. The minimum Gasteiger partial charge on any atom is -0.492 e. The number of ketones is 1. The highest BCUT2D eigenvalue weighted by Gasteiger charge is 2.27. The van der Waals surface area contributed by atoms with E-state index < -0.39 is 5.60 Å². The van der Waals surface area contributed by atoms with E-state index in [-0.39, 0.29) is 5.78 Å². The van der Waals surface area contributed by atoms with Gasteiger partial charge < -0.3 is 9.47 Å².